The Labute approximate surface area is 124 Å². The Hall–Kier alpha value is -2.04. The summed E-state index contributed by atoms with van der Waals surface area (Å²) in [7, 11) is 0. The van der Waals surface area contributed by atoms with Gasteiger partial charge >= 0.3 is 12.1 Å². The van der Waals surface area contributed by atoms with Crippen LogP contribution in [-0.4, -0.2) is 22.8 Å². The molecule has 1 aromatic rings. The highest BCUT2D eigenvalue weighted by Crippen LogP contribution is 2.34. The number of rotatable bonds is 2. The van der Waals surface area contributed by atoms with Crippen molar-refractivity contribution in [2.24, 2.45) is 0 Å². The molecule has 0 heterocycles. The molecule has 0 fully saturated rings. The molecule has 114 valence electrons. The van der Waals surface area contributed by atoms with Crippen LogP contribution in [0.3, 0.4) is 0 Å². The summed E-state index contributed by atoms with van der Waals surface area (Å²) in [5.41, 5.74) is 2.59. The lowest BCUT2D eigenvalue weighted by Crippen LogP contribution is -2.34. The first-order chi connectivity index (χ1) is 9.69. The van der Waals surface area contributed by atoms with Crippen molar-refractivity contribution < 1.29 is 19.4 Å². The van der Waals surface area contributed by atoms with E-state index in [1.54, 1.807) is 12.1 Å². The van der Waals surface area contributed by atoms with Crippen LogP contribution in [0.5, 0.6) is 0 Å². The van der Waals surface area contributed by atoms with Gasteiger partial charge in [-0.05, 0) is 63.3 Å². The molecule has 1 aliphatic carbocycles. The minimum Gasteiger partial charge on any atom is -0.478 e. The predicted octanol–water partition coefficient (Wildman–Crippen LogP) is 3.21. The number of fused-ring (bicyclic) bond motifs is 1. The molecule has 2 rings (SSSR count). The van der Waals surface area contributed by atoms with Gasteiger partial charge in [0, 0.05) is 0 Å². The maximum atomic E-state index is 11.9. The third-order valence-electron chi connectivity index (χ3n) is 3.61. The zero-order valence-corrected chi connectivity index (χ0v) is 12.8. The molecule has 0 aliphatic heterocycles. The summed E-state index contributed by atoms with van der Waals surface area (Å²) in [6.07, 6.45) is 1.08. The summed E-state index contributed by atoms with van der Waals surface area (Å²) in [5, 5.41) is 12.0. The highest BCUT2D eigenvalue weighted by Gasteiger charge is 2.28. The van der Waals surface area contributed by atoms with Crippen LogP contribution in [0.15, 0.2) is 12.1 Å². The number of benzene rings is 1. The fourth-order valence-corrected chi connectivity index (χ4v) is 2.71. The number of hydrogen-bond acceptors (Lipinski definition) is 3. The number of nitrogens with one attached hydrogen (secondary N) is 1. The SMILES string of the molecule is Cc1c(C(=O)O)ccc2c1CCC2NC(=O)OC(C)(C)C. The Morgan fingerprint density at radius 3 is 2.57 bits per heavy atom. The van der Waals surface area contributed by atoms with Crippen molar-refractivity contribution in [2.75, 3.05) is 0 Å². The number of carboxylic acid groups (broad SMARTS) is 1. The zero-order chi connectivity index (χ0) is 15.8. The molecular weight excluding hydrogens is 270 g/mol. The molecule has 0 radical (unpaired) electrons. The van der Waals surface area contributed by atoms with Crippen molar-refractivity contribution in [2.45, 2.75) is 52.2 Å². The van der Waals surface area contributed by atoms with Crippen molar-refractivity contribution in [3.05, 3.63) is 34.4 Å². The zero-order valence-electron chi connectivity index (χ0n) is 12.8. The number of hydrogen-bond donors (Lipinski definition) is 2. The molecule has 1 aromatic carbocycles. The molecule has 0 spiro atoms. The molecule has 0 bridgehead atoms. The number of alkyl carbamates (subject to hydrolysis) is 1. The van der Waals surface area contributed by atoms with Crippen LogP contribution in [0.1, 0.15) is 60.3 Å². The molecule has 5 nitrogen and oxygen atoms in total. The minimum absolute atomic E-state index is 0.114. The van der Waals surface area contributed by atoms with Gasteiger partial charge in [0.05, 0.1) is 11.6 Å². The number of ether oxygens (including phenoxy) is 1. The van der Waals surface area contributed by atoms with E-state index in [-0.39, 0.29) is 6.04 Å². The summed E-state index contributed by atoms with van der Waals surface area (Å²) in [6.45, 7) is 7.27. The van der Waals surface area contributed by atoms with E-state index in [9.17, 15) is 9.59 Å². The van der Waals surface area contributed by atoms with Crippen LogP contribution in [0.2, 0.25) is 0 Å². The van der Waals surface area contributed by atoms with Gasteiger partial charge in [-0.15, -0.1) is 0 Å². The molecule has 1 atom stereocenters. The molecule has 1 unspecified atom stereocenters. The number of carbonyl (C=O) groups excluding carboxylic acids is 1. The molecule has 1 amide bonds. The summed E-state index contributed by atoms with van der Waals surface area (Å²) in [5.74, 6) is -0.918. The first-order valence-electron chi connectivity index (χ1n) is 7.04. The second kappa shape index (κ2) is 5.39. The molecule has 2 N–H and O–H groups in total. The van der Waals surface area contributed by atoms with Crippen LogP contribution in [0, 0.1) is 6.92 Å². The normalized spacial score (nSPS) is 17.2. The van der Waals surface area contributed by atoms with Crippen molar-refractivity contribution in [1.29, 1.82) is 0 Å². The van der Waals surface area contributed by atoms with E-state index >= 15 is 0 Å². The van der Waals surface area contributed by atoms with Gasteiger partial charge in [0.15, 0.2) is 0 Å². The van der Waals surface area contributed by atoms with Gasteiger partial charge in [0.25, 0.3) is 0 Å². The first-order valence-corrected chi connectivity index (χ1v) is 7.04. The van der Waals surface area contributed by atoms with Gasteiger partial charge in [-0.3, -0.25) is 0 Å². The van der Waals surface area contributed by atoms with Gasteiger partial charge in [0.2, 0.25) is 0 Å². The summed E-state index contributed by atoms with van der Waals surface area (Å²) in [4.78, 5) is 23.0. The van der Waals surface area contributed by atoms with E-state index in [4.69, 9.17) is 9.84 Å². The number of carbonyl (C=O) groups is 2. The van der Waals surface area contributed by atoms with E-state index in [1.165, 1.54) is 0 Å². The molecule has 5 heteroatoms. The van der Waals surface area contributed by atoms with Gasteiger partial charge < -0.3 is 15.2 Å². The maximum Gasteiger partial charge on any atom is 0.408 e. The summed E-state index contributed by atoms with van der Waals surface area (Å²) >= 11 is 0. The Kier molecular flexibility index (Phi) is 3.94. The minimum atomic E-state index is -0.918. The third-order valence-corrected chi connectivity index (χ3v) is 3.61. The summed E-state index contributed by atoms with van der Waals surface area (Å²) in [6, 6.07) is 3.28. The molecule has 21 heavy (non-hydrogen) atoms. The molecule has 0 aromatic heterocycles. The fourth-order valence-electron chi connectivity index (χ4n) is 2.71. The van der Waals surface area contributed by atoms with Crippen LogP contribution in [-0.2, 0) is 11.2 Å². The highest BCUT2D eigenvalue weighted by atomic mass is 16.6. The number of aromatic carboxylic acids is 1. The average molecular weight is 291 g/mol. The Morgan fingerprint density at radius 2 is 2.00 bits per heavy atom. The summed E-state index contributed by atoms with van der Waals surface area (Å²) < 4.78 is 5.26. The Balaban J connectivity index is 2.18. The van der Waals surface area contributed by atoms with Crippen LogP contribution >= 0.6 is 0 Å². The Bertz CT molecular complexity index is 587. The van der Waals surface area contributed by atoms with Crippen molar-refractivity contribution in [3.8, 4) is 0 Å². The lowest BCUT2D eigenvalue weighted by Gasteiger charge is -2.22. The lowest BCUT2D eigenvalue weighted by atomic mass is 9.98. The standard InChI is InChI=1S/C16H21NO4/c1-9-10-7-8-13(17-15(20)21-16(2,3)4)12(10)6-5-11(9)14(18)19/h5-6,13H,7-8H2,1-4H3,(H,17,20)(H,18,19). The second-order valence-corrected chi connectivity index (χ2v) is 6.35. The van der Waals surface area contributed by atoms with E-state index < -0.39 is 17.7 Å². The Morgan fingerprint density at radius 1 is 1.33 bits per heavy atom. The number of carboxylic acids is 1. The van der Waals surface area contributed by atoms with Gasteiger partial charge in [0.1, 0.15) is 5.60 Å². The monoisotopic (exact) mass is 291 g/mol. The fraction of sp³-hybridized carbons (Fsp3) is 0.500. The lowest BCUT2D eigenvalue weighted by molar-refractivity contribution is 0.0503. The first kappa shape index (κ1) is 15.4. The largest absolute Gasteiger partial charge is 0.478 e. The van der Waals surface area contributed by atoms with Gasteiger partial charge in [-0.1, -0.05) is 6.07 Å². The van der Waals surface area contributed by atoms with E-state index in [0.717, 1.165) is 29.5 Å². The molecule has 0 saturated carbocycles. The average Bonchev–Trinajstić information content (AvgIpc) is 2.70. The van der Waals surface area contributed by atoms with Crippen molar-refractivity contribution >= 4 is 12.1 Å². The van der Waals surface area contributed by atoms with E-state index in [0.29, 0.717) is 5.56 Å². The molecule has 0 saturated heterocycles. The smallest absolute Gasteiger partial charge is 0.408 e. The van der Waals surface area contributed by atoms with Crippen molar-refractivity contribution in [3.63, 3.8) is 0 Å². The van der Waals surface area contributed by atoms with Crippen LogP contribution in [0.4, 0.5) is 4.79 Å². The topological polar surface area (TPSA) is 75.6 Å². The highest BCUT2D eigenvalue weighted by molar-refractivity contribution is 5.90. The quantitative estimate of drug-likeness (QED) is 0.877. The van der Waals surface area contributed by atoms with Crippen molar-refractivity contribution in [1.82, 2.24) is 5.32 Å². The van der Waals surface area contributed by atoms with E-state index in [1.807, 2.05) is 27.7 Å². The number of amides is 1. The van der Waals surface area contributed by atoms with Gasteiger partial charge in [-0.2, -0.15) is 0 Å². The maximum absolute atomic E-state index is 11.9. The molecular formula is C16H21NO4. The van der Waals surface area contributed by atoms with Crippen LogP contribution in [0.25, 0.3) is 0 Å². The third kappa shape index (κ3) is 3.35. The van der Waals surface area contributed by atoms with Crippen LogP contribution < -0.4 is 5.32 Å². The van der Waals surface area contributed by atoms with E-state index in [2.05, 4.69) is 5.32 Å². The predicted molar refractivity (Wildman–Crippen MR) is 78.6 cm³/mol. The van der Waals surface area contributed by atoms with Gasteiger partial charge in [-0.25, -0.2) is 9.59 Å². The second-order valence-electron chi connectivity index (χ2n) is 6.35. The molecule has 1 aliphatic rings.